The van der Waals surface area contributed by atoms with Crippen molar-refractivity contribution in [2.75, 3.05) is 53.8 Å². The lowest BCUT2D eigenvalue weighted by atomic mass is 10.2. The number of nitrogens with one attached hydrogen (secondary N) is 2. The van der Waals surface area contributed by atoms with E-state index in [4.69, 9.17) is 9.72 Å². The average molecular weight is 482 g/mol. The van der Waals surface area contributed by atoms with Gasteiger partial charge >= 0.3 is 0 Å². The second kappa shape index (κ2) is 11.4. The fraction of sp³-hybridized carbons (Fsp3) is 0.292. The number of carbonyl (C=O) groups is 1. The van der Waals surface area contributed by atoms with Gasteiger partial charge in [-0.2, -0.15) is 11.8 Å². The van der Waals surface area contributed by atoms with Crippen LogP contribution < -0.4 is 15.5 Å². The standard InChI is InChI=1S/C24H27N5O2S2/c1-17-15-25-24(27-19-3-7-20(8-4-19)29-11-13-31-14-12-29)28-23(17)33-21-9-5-18(6-10-21)26-22(30)16-32-2/h3-10,15H,11-14,16H2,1-2H3,(H,26,30)(H,25,27,28). The zero-order valence-corrected chi connectivity index (χ0v) is 20.3. The predicted molar refractivity (Wildman–Crippen MR) is 137 cm³/mol. The van der Waals surface area contributed by atoms with Crippen molar-refractivity contribution in [2.24, 2.45) is 0 Å². The molecule has 2 aromatic carbocycles. The van der Waals surface area contributed by atoms with Crippen LogP contribution >= 0.6 is 23.5 Å². The van der Waals surface area contributed by atoms with Gasteiger partial charge in [-0.25, -0.2) is 9.97 Å². The maximum Gasteiger partial charge on any atom is 0.234 e. The Balaban J connectivity index is 1.40. The van der Waals surface area contributed by atoms with Gasteiger partial charge in [0.05, 0.1) is 19.0 Å². The number of carbonyl (C=O) groups excluding carboxylic acids is 1. The van der Waals surface area contributed by atoms with Crippen molar-refractivity contribution in [1.29, 1.82) is 0 Å². The summed E-state index contributed by atoms with van der Waals surface area (Å²) in [6, 6.07) is 16.1. The van der Waals surface area contributed by atoms with Gasteiger partial charge in [-0.05, 0) is 61.7 Å². The summed E-state index contributed by atoms with van der Waals surface area (Å²) >= 11 is 3.07. The average Bonchev–Trinajstić information content (AvgIpc) is 2.84. The summed E-state index contributed by atoms with van der Waals surface area (Å²) < 4.78 is 5.43. The zero-order valence-electron chi connectivity index (χ0n) is 18.7. The smallest absolute Gasteiger partial charge is 0.234 e. The number of ether oxygens (including phenoxy) is 1. The minimum absolute atomic E-state index is 0.00300. The van der Waals surface area contributed by atoms with Crippen molar-refractivity contribution in [3.8, 4) is 0 Å². The maximum absolute atomic E-state index is 11.8. The number of aryl methyl sites for hydroxylation is 1. The molecule has 1 aliphatic heterocycles. The van der Waals surface area contributed by atoms with Crippen molar-refractivity contribution in [3.05, 3.63) is 60.3 Å². The van der Waals surface area contributed by atoms with E-state index in [1.54, 1.807) is 11.8 Å². The summed E-state index contributed by atoms with van der Waals surface area (Å²) in [5, 5.41) is 7.08. The van der Waals surface area contributed by atoms with Gasteiger partial charge in [0.2, 0.25) is 11.9 Å². The Bertz CT molecular complexity index is 1070. The molecule has 0 saturated carbocycles. The molecule has 2 N–H and O–H groups in total. The minimum Gasteiger partial charge on any atom is -0.378 e. The molecule has 4 rings (SSSR count). The second-order valence-electron chi connectivity index (χ2n) is 7.56. The highest BCUT2D eigenvalue weighted by Crippen LogP contribution is 2.30. The van der Waals surface area contributed by atoms with Crippen LogP contribution in [0.15, 0.2) is 64.6 Å². The normalized spacial score (nSPS) is 13.6. The van der Waals surface area contributed by atoms with E-state index in [-0.39, 0.29) is 5.91 Å². The van der Waals surface area contributed by atoms with Gasteiger partial charge in [0.1, 0.15) is 5.03 Å². The third-order valence-corrected chi connectivity index (χ3v) is 6.72. The van der Waals surface area contributed by atoms with Crippen LogP contribution in [0.3, 0.4) is 0 Å². The van der Waals surface area contributed by atoms with E-state index in [9.17, 15) is 4.79 Å². The molecule has 33 heavy (non-hydrogen) atoms. The minimum atomic E-state index is 0.00300. The summed E-state index contributed by atoms with van der Waals surface area (Å²) in [5.74, 6) is 1.01. The first-order valence-corrected chi connectivity index (χ1v) is 12.9. The summed E-state index contributed by atoms with van der Waals surface area (Å²) in [7, 11) is 0. The van der Waals surface area contributed by atoms with Crippen LogP contribution in [-0.2, 0) is 9.53 Å². The Labute approximate surface area is 202 Å². The molecule has 1 amide bonds. The number of anilines is 4. The van der Waals surface area contributed by atoms with E-state index in [0.717, 1.165) is 53.2 Å². The van der Waals surface area contributed by atoms with Crippen molar-refractivity contribution in [2.45, 2.75) is 16.8 Å². The van der Waals surface area contributed by atoms with Gasteiger partial charge in [0.15, 0.2) is 0 Å². The summed E-state index contributed by atoms with van der Waals surface area (Å²) in [6.45, 7) is 5.37. The van der Waals surface area contributed by atoms with E-state index in [2.05, 4.69) is 32.7 Å². The molecule has 0 unspecified atom stereocenters. The fourth-order valence-corrected chi connectivity index (χ4v) is 4.52. The summed E-state index contributed by atoms with van der Waals surface area (Å²) in [5.41, 5.74) is 3.93. The van der Waals surface area contributed by atoms with Crippen LogP contribution in [0.2, 0.25) is 0 Å². The molecule has 0 spiro atoms. The summed E-state index contributed by atoms with van der Waals surface area (Å²) in [6.07, 6.45) is 3.74. The highest BCUT2D eigenvalue weighted by molar-refractivity contribution is 7.99. The molecule has 0 bridgehead atoms. The van der Waals surface area contributed by atoms with E-state index in [1.807, 2.05) is 55.8 Å². The molecule has 9 heteroatoms. The SMILES string of the molecule is CSCC(=O)Nc1ccc(Sc2nc(Nc3ccc(N4CCOCC4)cc3)ncc2C)cc1. The van der Waals surface area contributed by atoms with E-state index in [0.29, 0.717) is 11.7 Å². The highest BCUT2D eigenvalue weighted by Gasteiger charge is 2.11. The molecule has 0 atom stereocenters. The Kier molecular flexibility index (Phi) is 8.09. The van der Waals surface area contributed by atoms with Crippen molar-refractivity contribution < 1.29 is 9.53 Å². The van der Waals surface area contributed by atoms with Crippen LogP contribution in [-0.4, -0.2) is 54.2 Å². The number of benzene rings is 2. The molecule has 2 heterocycles. The molecule has 172 valence electrons. The first-order chi connectivity index (χ1) is 16.1. The Morgan fingerprint density at radius 1 is 1.06 bits per heavy atom. The van der Waals surface area contributed by atoms with Gasteiger partial charge < -0.3 is 20.3 Å². The third-order valence-electron chi connectivity index (χ3n) is 5.05. The lowest BCUT2D eigenvalue weighted by Gasteiger charge is -2.28. The monoisotopic (exact) mass is 481 g/mol. The van der Waals surface area contributed by atoms with Crippen LogP contribution in [0.25, 0.3) is 0 Å². The van der Waals surface area contributed by atoms with Crippen molar-refractivity contribution in [1.82, 2.24) is 9.97 Å². The van der Waals surface area contributed by atoms with E-state index >= 15 is 0 Å². The number of aromatic nitrogens is 2. The molecule has 1 aliphatic rings. The fourth-order valence-electron chi connectivity index (χ4n) is 3.34. The topological polar surface area (TPSA) is 79.4 Å². The number of hydrogen-bond donors (Lipinski definition) is 2. The molecular weight excluding hydrogens is 454 g/mol. The first-order valence-electron chi connectivity index (χ1n) is 10.7. The molecular formula is C24H27N5O2S2. The largest absolute Gasteiger partial charge is 0.378 e. The number of hydrogen-bond acceptors (Lipinski definition) is 8. The highest BCUT2D eigenvalue weighted by atomic mass is 32.2. The van der Waals surface area contributed by atoms with E-state index < -0.39 is 0 Å². The predicted octanol–water partition coefficient (Wildman–Crippen LogP) is 4.82. The quantitative estimate of drug-likeness (QED) is 0.444. The lowest BCUT2D eigenvalue weighted by Crippen LogP contribution is -2.36. The van der Waals surface area contributed by atoms with E-state index in [1.165, 1.54) is 17.4 Å². The number of rotatable bonds is 8. The third kappa shape index (κ3) is 6.63. The van der Waals surface area contributed by atoms with Crippen molar-refractivity contribution in [3.63, 3.8) is 0 Å². The number of thioether (sulfide) groups is 1. The molecule has 3 aromatic rings. The van der Waals surface area contributed by atoms with Crippen molar-refractivity contribution >= 4 is 52.4 Å². The molecule has 1 aromatic heterocycles. The van der Waals surface area contributed by atoms with Crippen LogP contribution in [0.1, 0.15) is 5.56 Å². The molecule has 7 nitrogen and oxygen atoms in total. The molecule has 0 aliphatic carbocycles. The Hall–Kier alpha value is -2.75. The van der Waals surface area contributed by atoms with Crippen LogP contribution in [0, 0.1) is 6.92 Å². The number of amides is 1. The first kappa shape index (κ1) is 23.4. The summed E-state index contributed by atoms with van der Waals surface area (Å²) in [4.78, 5) is 24.3. The Morgan fingerprint density at radius 3 is 2.45 bits per heavy atom. The van der Waals surface area contributed by atoms with Gasteiger partial charge in [-0.1, -0.05) is 11.8 Å². The van der Waals surface area contributed by atoms with Gasteiger partial charge in [0.25, 0.3) is 0 Å². The zero-order chi connectivity index (χ0) is 23.0. The molecule has 0 radical (unpaired) electrons. The van der Waals surface area contributed by atoms with Crippen LogP contribution in [0.5, 0.6) is 0 Å². The Morgan fingerprint density at radius 2 is 1.76 bits per heavy atom. The van der Waals surface area contributed by atoms with Gasteiger partial charge in [0, 0.05) is 46.8 Å². The van der Waals surface area contributed by atoms with Gasteiger partial charge in [-0.3, -0.25) is 4.79 Å². The van der Waals surface area contributed by atoms with Gasteiger partial charge in [-0.15, -0.1) is 0 Å². The second-order valence-corrected chi connectivity index (χ2v) is 9.49. The molecule has 1 fully saturated rings. The number of nitrogens with zero attached hydrogens (tertiary/aromatic N) is 3. The number of morpholine rings is 1. The lowest BCUT2D eigenvalue weighted by molar-refractivity contribution is -0.113. The maximum atomic E-state index is 11.8. The van der Waals surface area contributed by atoms with Crippen LogP contribution in [0.4, 0.5) is 23.0 Å². The molecule has 1 saturated heterocycles.